The topological polar surface area (TPSA) is 35.5 Å². The largest absolute Gasteiger partial charge is 0.493 e. The van der Waals surface area contributed by atoms with Crippen molar-refractivity contribution in [2.45, 2.75) is 19.8 Å². The first-order chi connectivity index (χ1) is 7.63. The van der Waals surface area contributed by atoms with Gasteiger partial charge in [0.05, 0.1) is 13.7 Å². The molecule has 16 heavy (non-hydrogen) atoms. The molecule has 0 saturated carbocycles. The quantitative estimate of drug-likeness (QED) is 0.856. The summed E-state index contributed by atoms with van der Waals surface area (Å²) in [5.74, 6) is 1.66. The van der Waals surface area contributed by atoms with Crippen molar-refractivity contribution in [3.05, 3.63) is 21.7 Å². The van der Waals surface area contributed by atoms with Crippen LogP contribution in [0.3, 0.4) is 0 Å². The maximum atomic E-state index is 11.2. The summed E-state index contributed by atoms with van der Waals surface area (Å²) in [5.41, 5.74) is 2.07. The van der Waals surface area contributed by atoms with Gasteiger partial charge >= 0.3 is 0 Å². The lowest BCUT2D eigenvalue weighted by Crippen LogP contribution is -2.00. The number of ketones is 1. The van der Waals surface area contributed by atoms with Crippen LogP contribution in [0.2, 0.25) is 0 Å². The normalized spacial score (nSPS) is 13.2. The van der Waals surface area contributed by atoms with Gasteiger partial charge in [-0.15, -0.1) is 0 Å². The van der Waals surface area contributed by atoms with Crippen LogP contribution in [0.1, 0.15) is 18.1 Å². The van der Waals surface area contributed by atoms with Crippen molar-refractivity contribution < 1.29 is 14.3 Å². The van der Waals surface area contributed by atoms with Crippen LogP contribution in [0.25, 0.3) is 0 Å². The molecular formula is C12H13BrO3. The minimum atomic E-state index is 0.140. The molecular weight excluding hydrogens is 272 g/mol. The Hall–Kier alpha value is -1.03. The second-order valence-electron chi connectivity index (χ2n) is 3.84. The monoisotopic (exact) mass is 284 g/mol. The van der Waals surface area contributed by atoms with E-state index in [1.807, 2.05) is 6.07 Å². The number of carbonyl (C=O) groups is 1. The molecule has 86 valence electrons. The molecule has 1 aromatic carbocycles. The molecule has 0 spiro atoms. The van der Waals surface area contributed by atoms with Gasteiger partial charge in [-0.25, -0.2) is 0 Å². The summed E-state index contributed by atoms with van der Waals surface area (Å²) < 4.78 is 11.8. The zero-order chi connectivity index (χ0) is 11.7. The van der Waals surface area contributed by atoms with Crippen LogP contribution in [0.15, 0.2) is 10.5 Å². The number of ether oxygens (including phenoxy) is 2. The van der Waals surface area contributed by atoms with Crippen molar-refractivity contribution in [2.75, 3.05) is 13.7 Å². The summed E-state index contributed by atoms with van der Waals surface area (Å²) in [6, 6.07) is 1.87. The SMILES string of the molecule is COc1cc(CC(C)=O)c(Br)c2c1OCC2. The van der Waals surface area contributed by atoms with Crippen LogP contribution in [0.4, 0.5) is 0 Å². The van der Waals surface area contributed by atoms with Crippen molar-refractivity contribution in [1.29, 1.82) is 0 Å². The first-order valence-corrected chi connectivity index (χ1v) is 5.93. The number of benzene rings is 1. The van der Waals surface area contributed by atoms with E-state index in [0.717, 1.165) is 27.8 Å². The van der Waals surface area contributed by atoms with Crippen molar-refractivity contribution in [1.82, 2.24) is 0 Å². The maximum absolute atomic E-state index is 11.2. The molecule has 0 aliphatic carbocycles. The highest BCUT2D eigenvalue weighted by molar-refractivity contribution is 9.10. The average Bonchev–Trinajstić information content (AvgIpc) is 2.70. The first-order valence-electron chi connectivity index (χ1n) is 5.14. The molecule has 0 aromatic heterocycles. The number of hydrogen-bond acceptors (Lipinski definition) is 3. The van der Waals surface area contributed by atoms with Gasteiger partial charge in [0.25, 0.3) is 0 Å². The van der Waals surface area contributed by atoms with E-state index in [9.17, 15) is 4.79 Å². The number of hydrogen-bond donors (Lipinski definition) is 0. The van der Waals surface area contributed by atoms with E-state index in [2.05, 4.69) is 15.9 Å². The van der Waals surface area contributed by atoms with Gasteiger partial charge in [-0.1, -0.05) is 15.9 Å². The van der Waals surface area contributed by atoms with Gasteiger partial charge in [-0.2, -0.15) is 0 Å². The molecule has 2 rings (SSSR count). The number of Topliss-reactive ketones (excluding diaryl/α,β-unsaturated/α-hetero) is 1. The Balaban J connectivity index is 2.51. The Morgan fingerprint density at radius 3 is 3.00 bits per heavy atom. The number of methoxy groups -OCH3 is 1. The molecule has 1 aliphatic heterocycles. The predicted molar refractivity (Wildman–Crippen MR) is 64.3 cm³/mol. The lowest BCUT2D eigenvalue weighted by atomic mass is 10.0. The second-order valence-corrected chi connectivity index (χ2v) is 4.63. The van der Waals surface area contributed by atoms with Crippen molar-refractivity contribution >= 4 is 21.7 Å². The van der Waals surface area contributed by atoms with Gasteiger partial charge in [0.15, 0.2) is 11.5 Å². The summed E-state index contributed by atoms with van der Waals surface area (Å²) in [4.78, 5) is 11.2. The zero-order valence-corrected chi connectivity index (χ0v) is 10.9. The Morgan fingerprint density at radius 2 is 2.38 bits per heavy atom. The molecule has 3 nitrogen and oxygen atoms in total. The highest BCUT2D eigenvalue weighted by atomic mass is 79.9. The molecule has 0 amide bonds. The summed E-state index contributed by atoms with van der Waals surface area (Å²) in [6.07, 6.45) is 1.28. The summed E-state index contributed by atoms with van der Waals surface area (Å²) in [5, 5.41) is 0. The van der Waals surface area contributed by atoms with Crippen LogP contribution < -0.4 is 9.47 Å². The third kappa shape index (κ3) is 1.94. The Labute approximate surface area is 103 Å². The maximum Gasteiger partial charge on any atom is 0.165 e. The van der Waals surface area contributed by atoms with Gasteiger partial charge in [-0.3, -0.25) is 4.79 Å². The highest BCUT2D eigenvalue weighted by Gasteiger charge is 2.23. The van der Waals surface area contributed by atoms with E-state index in [0.29, 0.717) is 18.8 Å². The number of halogens is 1. The van der Waals surface area contributed by atoms with Crippen LogP contribution in [0.5, 0.6) is 11.5 Å². The zero-order valence-electron chi connectivity index (χ0n) is 9.30. The standard InChI is InChI=1S/C12H13BrO3/c1-7(14)5-8-6-10(15-2)12-9(11(8)13)3-4-16-12/h6H,3-5H2,1-2H3. The minimum Gasteiger partial charge on any atom is -0.493 e. The Morgan fingerprint density at radius 1 is 1.62 bits per heavy atom. The highest BCUT2D eigenvalue weighted by Crippen LogP contribution is 2.42. The van der Waals surface area contributed by atoms with Crippen molar-refractivity contribution in [3.8, 4) is 11.5 Å². The van der Waals surface area contributed by atoms with E-state index >= 15 is 0 Å². The molecule has 0 unspecified atom stereocenters. The molecule has 0 bridgehead atoms. The van der Waals surface area contributed by atoms with E-state index < -0.39 is 0 Å². The van der Waals surface area contributed by atoms with Gasteiger partial charge in [-0.05, 0) is 18.6 Å². The van der Waals surface area contributed by atoms with Gasteiger partial charge < -0.3 is 9.47 Å². The third-order valence-electron chi connectivity index (χ3n) is 2.61. The molecule has 0 N–H and O–H groups in total. The third-order valence-corrected chi connectivity index (χ3v) is 3.60. The van der Waals surface area contributed by atoms with Crippen LogP contribution in [0, 0.1) is 0 Å². The molecule has 0 atom stereocenters. The summed E-state index contributed by atoms with van der Waals surface area (Å²) >= 11 is 3.54. The Kier molecular flexibility index (Phi) is 3.19. The van der Waals surface area contributed by atoms with Gasteiger partial charge in [0.2, 0.25) is 0 Å². The predicted octanol–water partition coefficient (Wildman–Crippen LogP) is 2.52. The van der Waals surface area contributed by atoms with E-state index in [4.69, 9.17) is 9.47 Å². The fourth-order valence-corrected chi connectivity index (χ4v) is 2.55. The molecule has 1 heterocycles. The molecule has 4 heteroatoms. The molecule has 0 radical (unpaired) electrons. The van der Waals surface area contributed by atoms with Gasteiger partial charge in [0, 0.05) is 22.9 Å². The van der Waals surface area contributed by atoms with E-state index in [1.54, 1.807) is 14.0 Å². The van der Waals surface area contributed by atoms with Gasteiger partial charge in [0.1, 0.15) is 5.78 Å². The number of fused-ring (bicyclic) bond motifs is 1. The number of carbonyl (C=O) groups excluding carboxylic acids is 1. The fraction of sp³-hybridized carbons (Fsp3) is 0.417. The lowest BCUT2D eigenvalue weighted by molar-refractivity contribution is -0.116. The molecule has 1 aromatic rings. The fourth-order valence-electron chi connectivity index (χ4n) is 1.91. The smallest absolute Gasteiger partial charge is 0.165 e. The first kappa shape index (κ1) is 11.5. The van der Waals surface area contributed by atoms with E-state index in [1.165, 1.54) is 0 Å². The van der Waals surface area contributed by atoms with Crippen LogP contribution >= 0.6 is 15.9 Å². The van der Waals surface area contributed by atoms with Crippen molar-refractivity contribution in [3.63, 3.8) is 0 Å². The second kappa shape index (κ2) is 4.45. The molecule has 0 saturated heterocycles. The molecule has 0 fully saturated rings. The average molecular weight is 285 g/mol. The lowest BCUT2D eigenvalue weighted by Gasteiger charge is -2.11. The Bertz CT molecular complexity index is 440. The minimum absolute atomic E-state index is 0.140. The van der Waals surface area contributed by atoms with Crippen molar-refractivity contribution in [2.24, 2.45) is 0 Å². The summed E-state index contributed by atoms with van der Waals surface area (Å²) in [7, 11) is 1.61. The van der Waals surface area contributed by atoms with Crippen LogP contribution in [-0.2, 0) is 17.6 Å². The summed E-state index contributed by atoms with van der Waals surface area (Å²) in [6.45, 7) is 2.26. The van der Waals surface area contributed by atoms with Crippen LogP contribution in [-0.4, -0.2) is 19.5 Å². The molecule has 1 aliphatic rings. The number of rotatable bonds is 3. The van der Waals surface area contributed by atoms with E-state index in [-0.39, 0.29) is 5.78 Å².